The average Bonchev–Trinajstić information content (AvgIpc) is 2.91. The Morgan fingerprint density at radius 1 is 1.26 bits per heavy atom. The van der Waals surface area contributed by atoms with Gasteiger partial charge in [0.05, 0.1) is 6.61 Å². The zero-order chi connectivity index (χ0) is 15.6. The van der Waals surface area contributed by atoms with Crippen molar-refractivity contribution < 1.29 is 4.74 Å². The summed E-state index contributed by atoms with van der Waals surface area (Å²) in [5.74, 6) is 1.57. The number of pyridine rings is 1. The highest BCUT2D eigenvalue weighted by Crippen LogP contribution is 2.22. The molecule has 3 heterocycles. The Kier molecular flexibility index (Phi) is 3.71. The highest BCUT2D eigenvalue weighted by Gasteiger charge is 2.27. The molecule has 1 aromatic carbocycles. The molecule has 4 rings (SSSR count). The molecule has 0 aliphatic carbocycles. The number of aromatic amines is 1. The lowest BCUT2D eigenvalue weighted by atomic mass is 10.0. The Morgan fingerprint density at radius 3 is 2.91 bits per heavy atom. The fraction of sp³-hybridized carbons (Fsp3) is 0.333. The van der Waals surface area contributed by atoms with Crippen LogP contribution in [0.5, 0.6) is 5.75 Å². The second-order valence-electron chi connectivity index (χ2n) is 6.25. The molecule has 1 aliphatic heterocycles. The van der Waals surface area contributed by atoms with Gasteiger partial charge in [0.2, 0.25) is 0 Å². The average molecular weight is 308 g/mol. The number of H-pyrrole nitrogens is 1. The minimum atomic E-state index is 0.613. The molecule has 0 radical (unpaired) electrons. The topological polar surface area (TPSA) is 54.0 Å². The van der Waals surface area contributed by atoms with Gasteiger partial charge in [0.15, 0.2) is 5.65 Å². The molecule has 0 spiro atoms. The Morgan fingerprint density at radius 2 is 2.09 bits per heavy atom. The number of aryl methyl sites for hydroxylation is 1. The molecule has 23 heavy (non-hydrogen) atoms. The number of rotatable bonds is 5. The van der Waals surface area contributed by atoms with Gasteiger partial charge in [-0.3, -0.25) is 10.00 Å². The van der Waals surface area contributed by atoms with Gasteiger partial charge in [0, 0.05) is 42.8 Å². The summed E-state index contributed by atoms with van der Waals surface area (Å²) in [6.45, 7) is 5.92. The number of para-hydroxylation sites is 1. The van der Waals surface area contributed by atoms with Gasteiger partial charge in [-0.05, 0) is 30.7 Å². The predicted octanol–water partition coefficient (Wildman–Crippen LogP) is 2.78. The van der Waals surface area contributed by atoms with E-state index in [0.717, 1.165) is 48.7 Å². The lowest BCUT2D eigenvalue weighted by Crippen LogP contribution is -2.48. The summed E-state index contributed by atoms with van der Waals surface area (Å²) >= 11 is 0. The fourth-order valence-electron chi connectivity index (χ4n) is 3.05. The zero-order valence-electron chi connectivity index (χ0n) is 13.2. The van der Waals surface area contributed by atoms with E-state index in [1.807, 2.05) is 43.5 Å². The maximum atomic E-state index is 5.82. The highest BCUT2D eigenvalue weighted by molar-refractivity contribution is 5.77. The van der Waals surface area contributed by atoms with Crippen LogP contribution in [0.1, 0.15) is 11.3 Å². The van der Waals surface area contributed by atoms with Crippen molar-refractivity contribution in [3.8, 4) is 5.75 Å². The minimum absolute atomic E-state index is 0.613. The molecule has 1 N–H and O–H groups in total. The SMILES string of the molecule is Cc1[nH]nc2ncc(CN3CC(COc4ccccc4)C3)cc12. The van der Waals surface area contributed by atoms with Crippen LogP contribution in [-0.2, 0) is 6.54 Å². The zero-order valence-corrected chi connectivity index (χ0v) is 13.2. The summed E-state index contributed by atoms with van der Waals surface area (Å²) < 4.78 is 5.82. The van der Waals surface area contributed by atoms with Gasteiger partial charge in [0.1, 0.15) is 5.75 Å². The number of hydrogen-bond donors (Lipinski definition) is 1. The summed E-state index contributed by atoms with van der Waals surface area (Å²) in [6, 6.07) is 12.2. The van der Waals surface area contributed by atoms with Crippen molar-refractivity contribution in [1.29, 1.82) is 0 Å². The summed E-state index contributed by atoms with van der Waals surface area (Å²) in [4.78, 5) is 6.84. The Hall–Kier alpha value is -2.40. The van der Waals surface area contributed by atoms with E-state index in [1.54, 1.807) is 0 Å². The molecule has 1 aliphatic rings. The number of aromatic nitrogens is 3. The Labute approximate surface area is 135 Å². The van der Waals surface area contributed by atoms with Gasteiger partial charge in [-0.25, -0.2) is 4.98 Å². The van der Waals surface area contributed by atoms with Crippen molar-refractivity contribution >= 4 is 11.0 Å². The lowest BCUT2D eigenvalue weighted by molar-refractivity contribution is 0.0557. The molecule has 5 nitrogen and oxygen atoms in total. The summed E-state index contributed by atoms with van der Waals surface area (Å²) in [6.07, 6.45) is 1.93. The molecule has 1 fully saturated rings. The Bertz CT molecular complexity index is 793. The molecule has 3 aromatic rings. The number of benzene rings is 1. The van der Waals surface area contributed by atoms with Crippen molar-refractivity contribution in [3.63, 3.8) is 0 Å². The number of hydrogen-bond acceptors (Lipinski definition) is 4. The van der Waals surface area contributed by atoms with Gasteiger partial charge >= 0.3 is 0 Å². The number of fused-ring (bicyclic) bond motifs is 1. The third-order valence-corrected chi connectivity index (χ3v) is 4.32. The maximum Gasteiger partial charge on any atom is 0.181 e. The van der Waals surface area contributed by atoms with Crippen LogP contribution < -0.4 is 4.74 Å². The number of likely N-dealkylation sites (tertiary alicyclic amines) is 1. The van der Waals surface area contributed by atoms with Crippen LogP contribution in [0.2, 0.25) is 0 Å². The van der Waals surface area contributed by atoms with Crippen LogP contribution in [0, 0.1) is 12.8 Å². The number of nitrogens with zero attached hydrogens (tertiary/aromatic N) is 3. The normalized spacial score (nSPS) is 15.7. The third-order valence-electron chi connectivity index (χ3n) is 4.32. The molecular weight excluding hydrogens is 288 g/mol. The van der Waals surface area contributed by atoms with Crippen LogP contribution in [0.25, 0.3) is 11.0 Å². The van der Waals surface area contributed by atoms with Crippen molar-refractivity contribution in [2.75, 3.05) is 19.7 Å². The standard InChI is InChI=1S/C18H20N4O/c1-13-17-7-14(8-19-18(17)21-20-13)9-22-10-15(11-22)12-23-16-5-3-2-4-6-16/h2-8,15H,9-12H2,1H3,(H,19,20,21). The molecule has 5 heteroatoms. The van der Waals surface area contributed by atoms with E-state index in [0.29, 0.717) is 5.92 Å². The van der Waals surface area contributed by atoms with Gasteiger partial charge in [0.25, 0.3) is 0 Å². The van der Waals surface area contributed by atoms with Crippen LogP contribution in [0.15, 0.2) is 42.6 Å². The molecule has 0 saturated carbocycles. The molecule has 1 saturated heterocycles. The molecular formula is C18H20N4O. The van der Waals surface area contributed by atoms with Crippen LogP contribution in [-0.4, -0.2) is 39.8 Å². The minimum Gasteiger partial charge on any atom is -0.493 e. The first-order valence-electron chi connectivity index (χ1n) is 7.98. The smallest absolute Gasteiger partial charge is 0.181 e. The van der Waals surface area contributed by atoms with E-state index in [2.05, 4.69) is 26.1 Å². The van der Waals surface area contributed by atoms with Crippen LogP contribution in [0.3, 0.4) is 0 Å². The first-order valence-corrected chi connectivity index (χ1v) is 7.98. The molecule has 0 amide bonds. The first-order chi connectivity index (χ1) is 11.3. The quantitative estimate of drug-likeness (QED) is 0.787. The lowest BCUT2D eigenvalue weighted by Gasteiger charge is -2.39. The third kappa shape index (κ3) is 3.05. The van der Waals surface area contributed by atoms with Gasteiger partial charge in [-0.15, -0.1) is 0 Å². The summed E-state index contributed by atoms with van der Waals surface area (Å²) in [5, 5.41) is 8.27. The highest BCUT2D eigenvalue weighted by atomic mass is 16.5. The second kappa shape index (κ2) is 6.01. The molecule has 2 aromatic heterocycles. The summed E-state index contributed by atoms with van der Waals surface area (Å²) in [7, 11) is 0. The van der Waals surface area contributed by atoms with E-state index >= 15 is 0 Å². The monoisotopic (exact) mass is 308 g/mol. The fourth-order valence-corrected chi connectivity index (χ4v) is 3.05. The van der Waals surface area contributed by atoms with E-state index in [9.17, 15) is 0 Å². The predicted molar refractivity (Wildman–Crippen MR) is 89.3 cm³/mol. The summed E-state index contributed by atoms with van der Waals surface area (Å²) in [5.41, 5.74) is 3.11. The van der Waals surface area contributed by atoms with E-state index in [4.69, 9.17) is 4.74 Å². The van der Waals surface area contributed by atoms with E-state index < -0.39 is 0 Å². The van der Waals surface area contributed by atoms with Crippen molar-refractivity contribution in [3.05, 3.63) is 53.9 Å². The molecule has 0 atom stereocenters. The maximum absolute atomic E-state index is 5.82. The van der Waals surface area contributed by atoms with Gasteiger partial charge in [-0.2, -0.15) is 5.10 Å². The Balaban J connectivity index is 1.29. The second-order valence-corrected chi connectivity index (χ2v) is 6.25. The number of ether oxygens (including phenoxy) is 1. The first kappa shape index (κ1) is 14.2. The van der Waals surface area contributed by atoms with Crippen LogP contribution in [0.4, 0.5) is 0 Å². The molecule has 0 bridgehead atoms. The van der Waals surface area contributed by atoms with E-state index in [1.165, 1.54) is 5.56 Å². The molecule has 118 valence electrons. The number of nitrogens with one attached hydrogen (secondary N) is 1. The molecule has 0 unspecified atom stereocenters. The largest absolute Gasteiger partial charge is 0.493 e. The van der Waals surface area contributed by atoms with Crippen molar-refractivity contribution in [2.45, 2.75) is 13.5 Å². The van der Waals surface area contributed by atoms with Crippen molar-refractivity contribution in [1.82, 2.24) is 20.1 Å². The van der Waals surface area contributed by atoms with E-state index in [-0.39, 0.29) is 0 Å². The van der Waals surface area contributed by atoms with Gasteiger partial charge < -0.3 is 4.74 Å². The van der Waals surface area contributed by atoms with Crippen molar-refractivity contribution in [2.24, 2.45) is 5.92 Å². The van der Waals surface area contributed by atoms with Gasteiger partial charge in [-0.1, -0.05) is 18.2 Å². The van der Waals surface area contributed by atoms with Crippen LogP contribution >= 0.6 is 0 Å².